The lowest BCUT2D eigenvalue weighted by molar-refractivity contribution is 0.443. The van der Waals surface area contributed by atoms with Crippen LogP contribution in [-0.4, -0.2) is 22.5 Å². The molecule has 0 fully saturated rings. The molecule has 1 aromatic heterocycles. The van der Waals surface area contributed by atoms with Gasteiger partial charge in [-0.3, -0.25) is 0 Å². The fraction of sp³-hybridized carbons (Fsp3) is 0.0455. The molecule has 0 spiro atoms. The van der Waals surface area contributed by atoms with Crippen molar-refractivity contribution >= 4 is 7.69 Å². The highest BCUT2D eigenvalue weighted by Gasteiger charge is 2.39. The Morgan fingerprint density at radius 3 is 1.59 bits per heavy atom. The maximum Gasteiger partial charge on any atom is 0.504 e. The van der Waals surface area contributed by atoms with Crippen LogP contribution in [0.15, 0.2) is 103 Å². The van der Waals surface area contributed by atoms with Crippen LogP contribution in [0, 0.1) is 0 Å². The fourth-order valence-corrected chi connectivity index (χ4v) is 3.57. The summed E-state index contributed by atoms with van der Waals surface area (Å²) < 4.78 is 7.16. The molecule has 5 heteroatoms. The van der Waals surface area contributed by atoms with E-state index in [9.17, 15) is 0 Å². The summed E-state index contributed by atoms with van der Waals surface area (Å²) in [4.78, 5) is 0. The molecule has 132 valence electrons. The lowest BCUT2D eigenvalue weighted by atomic mass is 9.77. The number of nitrogens with zero attached hydrogens (tertiary/aromatic N) is 2. The van der Waals surface area contributed by atoms with Crippen molar-refractivity contribution in [3.8, 4) is 5.75 Å². The molecule has 4 aromatic rings. The molecule has 1 N–H and O–H groups in total. The summed E-state index contributed by atoms with van der Waals surface area (Å²) >= 11 is 0. The summed E-state index contributed by atoms with van der Waals surface area (Å²) in [6.07, 6.45) is 3.45. The Labute approximate surface area is 159 Å². The smallest absolute Gasteiger partial charge is 0.504 e. The highest BCUT2D eigenvalue weighted by atomic mass is 16.5. The van der Waals surface area contributed by atoms with E-state index < -0.39 is 5.54 Å². The van der Waals surface area contributed by atoms with Gasteiger partial charge in [-0.25, -0.2) is 4.68 Å². The second kappa shape index (κ2) is 7.52. The zero-order valence-electron chi connectivity index (χ0n) is 14.8. The van der Waals surface area contributed by atoms with Crippen molar-refractivity contribution < 1.29 is 9.68 Å². The molecule has 0 aliphatic rings. The van der Waals surface area contributed by atoms with Gasteiger partial charge in [0.25, 0.3) is 0 Å². The molecule has 0 unspecified atom stereocenters. The molecule has 0 atom stereocenters. The third-order valence-corrected chi connectivity index (χ3v) is 4.71. The molecule has 0 saturated heterocycles. The van der Waals surface area contributed by atoms with Gasteiger partial charge in [-0.15, -0.1) is 0 Å². The summed E-state index contributed by atoms with van der Waals surface area (Å²) in [5.74, 6) is 0.518. The molecule has 4 nitrogen and oxygen atoms in total. The van der Waals surface area contributed by atoms with E-state index in [0.29, 0.717) is 5.75 Å². The van der Waals surface area contributed by atoms with Gasteiger partial charge in [-0.1, -0.05) is 91.0 Å². The lowest BCUT2D eigenvalue weighted by Gasteiger charge is -2.36. The molecule has 0 bridgehead atoms. The Morgan fingerprint density at radius 2 is 1.19 bits per heavy atom. The number of hydrogen-bond acceptors (Lipinski definition) is 3. The minimum absolute atomic E-state index is 0.388. The summed E-state index contributed by atoms with van der Waals surface area (Å²) in [6.45, 7) is 0. The van der Waals surface area contributed by atoms with Crippen LogP contribution in [-0.2, 0) is 5.54 Å². The van der Waals surface area contributed by atoms with E-state index in [-0.39, 0.29) is 7.69 Å². The summed E-state index contributed by atoms with van der Waals surface area (Å²) in [6, 6.07) is 30.8. The van der Waals surface area contributed by atoms with Gasteiger partial charge in [0, 0.05) is 0 Å². The van der Waals surface area contributed by atoms with Crippen molar-refractivity contribution in [2.45, 2.75) is 5.54 Å². The molecule has 27 heavy (non-hydrogen) atoms. The van der Waals surface area contributed by atoms with Crippen molar-refractivity contribution in [3.63, 3.8) is 0 Å². The van der Waals surface area contributed by atoms with E-state index in [1.807, 2.05) is 65.5 Å². The Balaban J connectivity index is 2.06. The molecule has 0 radical (unpaired) electrons. The van der Waals surface area contributed by atoms with Crippen molar-refractivity contribution in [1.82, 2.24) is 9.78 Å². The maximum atomic E-state index is 9.12. The number of hydrogen-bond donors (Lipinski definition) is 1. The number of benzene rings is 3. The number of aromatic nitrogens is 2. The summed E-state index contributed by atoms with van der Waals surface area (Å²) in [7, 11) is -0.388. The average Bonchev–Trinajstić information content (AvgIpc) is 3.20. The first-order valence-corrected chi connectivity index (χ1v) is 8.81. The summed E-state index contributed by atoms with van der Waals surface area (Å²) in [5.41, 5.74) is 2.59. The lowest BCUT2D eigenvalue weighted by Crippen LogP contribution is -2.38. The third kappa shape index (κ3) is 3.02. The highest BCUT2D eigenvalue weighted by molar-refractivity contribution is 6.17. The van der Waals surface area contributed by atoms with Crippen LogP contribution < -0.4 is 4.65 Å². The Hall–Kier alpha value is -3.31. The third-order valence-electron chi connectivity index (χ3n) is 4.71. The Bertz CT molecular complexity index is 892. The molecule has 0 aliphatic heterocycles. The van der Waals surface area contributed by atoms with Crippen LogP contribution in [0.2, 0.25) is 0 Å². The Morgan fingerprint density at radius 1 is 0.741 bits per heavy atom. The first-order chi connectivity index (χ1) is 13.4. The quantitative estimate of drug-likeness (QED) is 0.427. The van der Waals surface area contributed by atoms with E-state index in [0.717, 1.165) is 16.7 Å². The molecule has 4 rings (SSSR count). The van der Waals surface area contributed by atoms with Gasteiger partial charge in [0.1, 0.15) is 11.3 Å². The van der Waals surface area contributed by atoms with Gasteiger partial charge < -0.3 is 9.68 Å². The van der Waals surface area contributed by atoms with Crippen LogP contribution in [0.1, 0.15) is 16.7 Å². The molecule has 0 amide bonds. The van der Waals surface area contributed by atoms with Crippen molar-refractivity contribution in [1.29, 1.82) is 0 Å². The van der Waals surface area contributed by atoms with E-state index in [4.69, 9.17) is 9.68 Å². The molecular weight excluding hydrogens is 335 g/mol. The van der Waals surface area contributed by atoms with Crippen LogP contribution in [0.3, 0.4) is 0 Å². The van der Waals surface area contributed by atoms with Gasteiger partial charge >= 0.3 is 7.69 Å². The van der Waals surface area contributed by atoms with Gasteiger partial charge in [-0.05, 0) is 16.7 Å². The van der Waals surface area contributed by atoms with Crippen molar-refractivity contribution in [2.75, 3.05) is 0 Å². The topological polar surface area (TPSA) is 47.3 Å². The van der Waals surface area contributed by atoms with Crippen LogP contribution in [0.4, 0.5) is 0 Å². The van der Waals surface area contributed by atoms with Gasteiger partial charge in [-0.2, -0.15) is 5.10 Å². The minimum atomic E-state index is -0.666. The molecule has 0 aliphatic carbocycles. The SMILES string of the molecule is OBOc1cnn(C(c2ccccc2)(c2ccccc2)c2ccccc2)c1. The first kappa shape index (κ1) is 17.1. The molecule has 3 aromatic carbocycles. The zero-order valence-corrected chi connectivity index (χ0v) is 14.8. The fourth-order valence-electron chi connectivity index (χ4n) is 3.57. The average molecular weight is 354 g/mol. The van der Waals surface area contributed by atoms with Crippen molar-refractivity contribution in [3.05, 3.63) is 120 Å². The first-order valence-electron chi connectivity index (χ1n) is 8.81. The Kier molecular flexibility index (Phi) is 4.77. The maximum absolute atomic E-state index is 9.12. The van der Waals surface area contributed by atoms with Crippen molar-refractivity contribution in [2.24, 2.45) is 0 Å². The zero-order chi connectivity index (χ0) is 18.5. The minimum Gasteiger partial charge on any atom is -0.537 e. The number of rotatable bonds is 6. The van der Waals surface area contributed by atoms with E-state index in [1.165, 1.54) is 0 Å². The predicted molar refractivity (Wildman–Crippen MR) is 107 cm³/mol. The van der Waals surface area contributed by atoms with Gasteiger partial charge in [0.05, 0.1) is 12.4 Å². The predicted octanol–water partition coefficient (Wildman–Crippen LogP) is 3.36. The van der Waals surface area contributed by atoms with E-state index in [1.54, 1.807) is 6.20 Å². The van der Waals surface area contributed by atoms with Crippen LogP contribution >= 0.6 is 0 Å². The monoisotopic (exact) mass is 354 g/mol. The second-order valence-corrected chi connectivity index (χ2v) is 6.20. The van der Waals surface area contributed by atoms with Gasteiger partial charge in [0.2, 0.25) is 0 Å². The second-order valence-electron chi connectivity index (χ2n) is 6.20. The van der Waals surface area contributed by atoms with Crippen LogP contribution in [0.25, 0.3) is 0 Å². The molecule has 0 saturated carbocycles. The largest absolute Gasteiger partial charge is 0.537 e. The molecular formula is C22H19BN2O2. The standard InChI is InChI=1S/C22H19BN2O2/c26-23-27-21-16-24-25(17-21)22(18-10-4-1-5-11-18,19-12-6-2-7-13-19)20-14-8-3-9-15-20/h1-17,23,26H. The van der Waals surface area contributed by atoms with Gasteiger partial charge in [0.15, 0.2) is 0 Å². The van der Waals surface area contributed by atoms with E-state index in [2.05, 4.69) is 41.5 Å². The van der Waals surface area contributed by atoms with E-state index >= 15 is 0 Å². The molecule has 1 heterocycles. The normalized spacial score (nSPS) is 11.1. The highest BCUT2D eigenvalue weighted by Crippen LogP contribution is 2.40. The van der Waals surface area contributed by atoms with Crippen LogP contribution in [0.5, 0.6) is 5.75 Å². The summed E-state index contributed by atoms with van der Waals surface area (Å²) in [5, 5.41) is 13.7.